The molecule has 422 valence electrons. The third-order valence-corrected chi connectivity index (χ3v) is 15.2. The molecule has 6 aromatic carbocycles. The molecule has 0 radical (unpaired) electrons. The Morgan fingerprint density at radius 1 is 0.537 bits per heavy atom. The Morgan fingerprint density at radius 2 is 1.01 bits per heavy atom. The molecule has 0 amide bonds. The number of H-pyrrole nitrogens is 2. The number of phenolic OH excluding ortho intramolecular Hbond substituents is 2. The fourth-order valence-corrected chi connectivity index (χ4v) is 10.9. The Labute approximate surface area is 464 Å². The number of phenols is 2. The van der Waals surface area contributed by atoms with Crippen LogP contribution in [-0.2, 0) is 29.8 Å². The molecule has 0 saturated carbocycles. The lowest BCUT2D eigenvalue weighted by molar-refractivity contribution is -0.138. The standard InChI is InChI=1S/C46H36N14O18S4/c61-35-27(59-57-24-9-3-1-7-22(24)37(63)64)13-12-20-14-21(81(73,74)75)16-28(33(20)35)48-42-52-44(56-46(72)54-42)50-30(40(69)70)18-80-79-17-29(39(67)68)49-43-51-41(53-45(71)55-43)47-26-11-5-6-19-15-31(82(76,77)78)34(36(62)32(19)26)60-58-25-10-4-2-8-23(25)38(65)66/h1-16,29-30,61-62H,17-18H2,(H,63,64)(H,65,66)(H,67,68)(H,69,70)(H,73,74,75)(H,76,77,78)(H3,47,49,51,53,55,71)(H3,48,50,52,54,56,72)/b59-57+,60-58+. The molecule has 0 fully saturated rings. The SMILES string of the molecule is O=C(O)c1ccccc1/N=N/c1ccc2cc(S(=O)(=O)O)cc(Nc3nc(=O)nc(NC(CSSCC(Nc4nc(=O)nc(Nc5cccc6cc(S(=O)(=O)O)c(/N=N/c7ccccc7C(=O)O)c(O)c56)[nH]4)C(=O)O)C(=O)O)[nH]3)c2c1O. The van der Waals surface area contributed by atoms with Crippen LogP contribution >= 0.6 is 21.6 Å². The molecule has 2 aromatic heterocycles. The number of aliphatic carboxylic acids is 2. The van der Waals surface area contributed by atoms with Crippen LogP contribution in [0.3, 0.4) is 0 Å². The normalized spacial score (nSPS) is 12.6. The van der Waals surface area contributed by atoms with E-state index in [1.165, 1.54) is 78.9 Å². The molecule has 0 bridgehead atoms. The number of rotatable bonds is 23. The average Bonchev–Trinajstić information content (AvgIpc) is 3.52. The summed E-state index contributed by atoms with van der Waals surface area (Å²) >= 11 is 0. The number of nitrogens with one attached hydrogen (secondary N) is 6. The van der Waals surface area contributed by atoms with E-state index in [2.05, 4.69) is 71.6 Å². The lowest BCUT2D eigenvalue weighted by Crippen LogP contribution is -2.34. The Kier molecular flexibility index (Phi) is 17.0. The quantitative estimate of drug-likeness (QED) is 0.0143. The molecular weight excluding hydrogens is 1160 g/mol. The number of aromatic hydroxyl groups is 2. The van der Waals surface area contributed by atoms with Gasteiger partial charge in [-0.2, -0.15) is 36.8 Å². The van der Waals surface area contributed by atoms with Crippen LogP contribution in [0.5, 0.6) is 11.5 Å². The summed E-state index contributed by atoms with van der Waals surface area (Å²) in [4.78, 5) is 92.0. The molecule has 0 aliphatic heterocycles. The number of fused-ring (bicyclic) bond motifs is 2. The van der Waals surface area contributed by atoms with Crippen molar-refractivity contribution in [1.29, 1.82) is 0 Å². The molecule has 36 heteroatoms. The fraction of sp³-hybridized carbons (Fsp3) is 0.0870. The summed E-state index contributed by atoms with van der Waals surface area (Å²) in [6, 6.07) is 17.1. The lowest BCUT2D eigenvalue weighted by atomic mass is 10.1. The topological polar surface area (TPSA) is 513 Å². The molecule has 0 saturated heterocycles. The minimum absolute atomic E-state index is 0.00832. The number of azo groups is 2. The lowest BCUT2D eigenvalue weighted by Gasteiger charge is -2.17. The Bertz CT molecular complexity index is 4340. The van der Waals surface area contributed by atoms with Crippen molar-refractivity contribution >= 4 is 145 Å². The molecule has 14 N–H and O–H groups in total. The van der Waals surface area contributed by atoms with E-state index in [1.807, 2.05) is 0 Å². The number of hydrogen-bond acceptors (Lipinski definition) is 26. The summed E-state index contributed by atoms with van der Waals surface area (Å²) in [5, 5.41) is 87.6. The van der Waals surface area contributed by atoms with Gasteiger partial charge < -0.3 is 51.9 Å². The predicted molar refractivity (Wildman–Crippen MR) is 293 cm³/mol. The van der Waals surface area contributed by atoms with Gasteiger partial charge in [0.25, 0.3) is 20.2 Å². The van der Waals surface area contributed by atoms with Crippen LogP contribution in [0.25, 0.3) is 21.5 Å². The third kappa shape index (κ3) is 13.6. The van der Waals surface area contributed by atoms with Gasteiger partial charge in [-0.1, -0.05) is 64.1 Å². The fourth-order valence-electron chi connectivity index (χ4n) is 7.42. The Hall–Kier alpha value is -10.1. The number of nitrogens with zero attached hydrogens (tertiary/aromatic N) is 8. The van der Waals surface area contributed by atoms with E-state index in [4.69, 9.17) is 0 Å². The van der Waals surface area contributed by atoms with Gasteiger partial charge in [0.1, 0.15) is 39.7 Å². The molecule has 2 atom stereocenters. The van der Waals surface area contributed by atoms with E-state index in [9.17, 15) is 85.3 Å². The number of aromatic carboxylic acids is 2. The summed E-state index contributed by atoms with van der Waals surface area (Å²) in [5.41, 5.74) is -4.65. The van der Waals surface area contributed by atoms with Crippen molar-refractivity contribution < 1.29 is 75.8 Å². The van der Waals surface area contributed by atoms with Gasteiger partial charge in [-0.3, -0.25) is 19.1 Å². The number of carboxylic acid groups (broad SMARTS) is 4. The number of anilines is 6. The van der Waals surface area contributed by atoms with Crippen LogP contribution in [0, 0.1) is 0 Å². The molecular formula is C46H36N14O18S4. The molecule has 0 aliphatic rings. The summed E-state index contributed by atoms with van der Waals surface area (Å²) < 4.78 is 69.5. The van der Waals surface area contributed by atoms with E-state index >= 15 is 0 Å². The van der Waals surface area contributed by atoms with E-state index < -0.39 is 118 Å². The van der Waals surface area contributed by atoms with Crippen molar-refractivity contribution in [2.45, 2.75) is 21.9 Å². The van der Waals surface area contributed by atoms with Crippen molar-refractivity contribution in [3.63, 3.8) is 0 Å². The highest BCUT2D eigenvalue weighted by molar-refractivity contribution is 8.76. The minimum Gasteiger partial charge on any atom is -0.505 e. The summed E-state index contributed by atoms with van der Waals surface area (Å²) in [6.07, 6.45) is 0. The van der Waals surface area contributed by atoms with Crippen LogP contribution < -0.4 is 32.6 Å². The first-order valence-corrected chi connectivity index (χ1v) is 28.0. The molecule has 8 rings (SSSR count). The molecule has 0 aliphatic carbocycles. The average molecular weight is 1200 g/mol. The van der Waals surface area contributed by atoms with Crippen molar-refractivity contribution in [1.82, 2.24) is 29.9 Å². The summed E-state index contributed by atoms with van der Waals surface area (Å²) in [5.74, 6) is -9.71. The van der Waals surface area contributed by atoms with E-state index in [-0.39, 0.29) is 72.6 Å². The van der Waals surface area contributed by atoms with Gasteiger partial charge in [-0.25, -0.2) is 28.8 Å². The predicted octanol–water partition coefficient (Wildman–Crippen LogP) is 6.38. The van der Waals surface area contributed by atoms with Gasteiger partial charge in [0.2, 0.25) is 23.8 Å². The van der Waals surface area contributed by atoms with Gasteiger partial charge in [-0.05, 0) is 65.4 Å². The van der Waals surface area contributed by atoms with Crippen LogP contribution in [0.4, 0.5) is 57.9 Å². The molecule has 2 unspecified atom stereocenters. The highest BCUT2D eigenvalue weighted by atomic mass is 33.1. The number of carboxylic acids is 4. The molecule has 32 nitrogen and oxygen atoms in total. The monoisotopic (exact) mass is 1200 g/mol. The number of aromatic amines is 2. The van der Waals surface area contributed by atoms with Gasteiger partial charge in [0, 0.05) is 22.3 Å². The number of aromatic nitrogens is 6. The maximum absolute atomic E-state index is 12.8. The van der Waals surface area contributed by atoms with Crippen molar-refractivity contribution in [2.24, 2.45) is 20.5 Å². The van der Waals surface area contributed by atoms with E-state index in [1.54, 1.807) is 0 Å². The maximum atomic E-state index is 12.8. The van der Waals surface area contributed by atoms with Crippen LogP contribution in [0.1, 0.15) is 20.7 Å². The first-order valence-electron chi connectivity index (χ1n) is 22.6. The van der Waals surface area contributed by atoms with Gasteiger partial charge >= 0.3 is 35.3 Å². The number of hydrogen-bond donors (Lipinski definition) is 14. The van der Waals surface area contributed by atoms with Gasteiger partial charge in [0.15, 0.2) is 11.5 Å². The van der Waals surface area contributed by atoms with Crippen LogP contribution in [0.2, 0.25) is 0 Å². The third-order valence-electron chi connectivity index (χ3n) is 11.1. The molecule has 2 heterocycles. The highest BCUT2D eigenvalue weighted by Crippen LogP contribution is 2.45. The van der Waals surface area contributed by atoms with Crippen molar-refractivity contribution in [2.75, 3.05) is 32.8 Å². The molecule has 82 heavy (non-hydrogen) atoms. The maximum Gasteiger partial charge on any atom is 0.373 e. The minimum atomic E-state index is -5.11. The second-order valence-electron chi connectivity index (χ2n) is 16.5. The first-order chi connectivity index (χ1) is 38.8. The van der Waals surface area contributed by atoms with Crippen LogP contribution in [0.15, 0.2) is 137 Å². The Morgan fingerprint density at radius 3 is 1.52 bits per heavy atom. The van der Waals surface area contributed by atoms with Gasteiger partial charge in [-0.15, -0.1) is 20.5 Å². The zero-order valence-corrected chi connectivity index (χ0v) is 43.9. The van der Waals surface area contributed by atoms with Crippen molar-refractivity contribution in [3.05, 3.63) is 129 Å². The largest absolute Gasteiger partial charge is 0.505 e. The molecule has 8 aromatic rings. The van der Waals surface area contributed by atoms with E-state index in [0.29, 0.717) is 0 Å². The van der Waals surface area contributed by atoms with E-state index in [0.717, 1.165) is 39.8 Å². The second kappa shape index (κ2) is 24.1. The van der Waals surface area contributed by atoms with Crippen LogP contribution in [-0.4, -0.2) is 134 Å². The smallest absolute Gasteiger partial charge is 0.373 e. The number of carbonyl (C=O) groups is 4. The zero-order valence-electron chi connectivity index (χ0n) is 40.7. The first kappa shape index (κ1) is 58.0. The second-order valence-corrected chi connectivity index (χ2v) is 21.9. The Balaban J connectivity index is 0.967. The summed E-state index contributed by atoms with van der Waals surface area (Å²) in [6.45, 7) is 0. The highest BCUT2D eigenvalue weighted by Gasteiger charge is 2.27. The molecule has 0 spiro atoms. The number of benzene rings is 6. The zero-order chi connectivity index (χ0) is 59.2. The summed E-state index contributed by atoms with van der Waals surface area (Å²) in [7, 11) is -8.34. The van der Waals surface area contributed by atoms with Gasteiger partial charge in [0.05, 0.1) is 27.4 Å². The van der Waals surface area contributed by atoms with Crippen molar-refractivity contribution in [3.8, 4) is 11.5 Å².